The van der Waals surface area contributed by atoms with Gasteiger partial charge in [-0.1, -0.05) is 6.07 Å². The molecule has 0 fully saturated rings. The van der Waals surface area contributed by atoms with E-state index < -0.39 is 10.8 Å². The maximum Gasteiger partial charge on any atom is 0.271 e. The predicted octanol–water partition coefficient (Wildman–Crippen LogP) is 2.38. The van der Waals surface area contributed by atoms with Crippen molar-refractivity contribution in [2.24, 2.45) is 5.10 Å². The number of nitrogens with zero attached hydrogens (tertiary/aromatic N) is 2. The molecule has 0 aliphatic rings. The van der Waals surface area contributed by atoms with Crippen molar-refractivity contribution in [1.29, 1.82) is 0 Å². The highest BCUT2D eigenvalue weighted by atomic mass is 16.6. The van der Waals surface area contributed by atoms with Crippen LogP contribution in [-0.2, 0) is 0 Å². The lowest BCUT2D eigenvalue weighted by Gasteiger charge is -2.11. The summed E-state index contributed by atoms with van der Waals surface area (Å²) < 4.78 is 15.7. The summed E-state index contributed by atoms with van der Waals surface area (Å²) in [6, 6.07) is 8.61. The van der Waals surface area contributed by atoms with Gasteiger partial charge in [-0.15, -0.1) is 0 Å². The average molecular weight is 359 g/mol. The van der Waals surface area contributed by atoms with Crippen LogP contribution in [0.1, 0.15) is 15.9 Å². The number of nitro groups is 1. The summed E-state index contributed by atoms with van der Waals surface area (Å²) in [5.41, 5.74) is 2.80. The smallest absolute Gasteiger partial charge is 0.271 e. The lowest BCUT2D eigenvalue weighted by atomic mass is 10.2. The molecule has 0 aromatic heterocycles. The van der Waals surface area contributed by atoms with E-state index in [9.17, 15) is 14.9 Å². The maximum absolute atomic E-state index is 12.1. The summed E-state index contributed by atoms with van der Waals surface area (Å²) in [5.74, 6) is 0.849. The Bertz CT molecular complexity index is 850. The van der Waals surface area contributed by atoms with Crippen molar-refractivity contribution in [3.63, 3.8) is 0 Å². The molecule has 0 saturated heterocycles. The molecule has 1 N–H and O–H groups in total. The summed E-state index contributed by atoms with van der Waals surface area (Å²) in [4.78, 5) is 22.3. The van der Waals surface area contributed by atoms with Gasteiger partial charge in [0, 0.05) is 29.3 Å². The van der Waals surface area contributed by atoms with Gasteiger partial charge in [0.25, 0.3) is 11.6 Å². The number of ether oxygens (including phenoxy) is 3. The van der Waals surface area contributed by atoms with Crippen LogP contribution in [0, 0.1) is 10.1 Å². The molecule has 0 heterocycles. The molecule has 0 unspecified atom stereocenters. The van der Waals surface area contributed by atoms with Crippen molar-refractivity contribution in [2.75, 3.05) is 21.3 Å². The summed E-state index contributed by atoms with van der Waals surface area (Å²) in [6.45, 7) is 0. The Balaban J connectivity index is 2.18. The fraction of sp³-hybridized carbons (Fsp3) is 0.176. The van der Waals surface area contributed by atoms with Gasteiger partial charge in [-0.3, -0.25) is 14.9 Å². The lowest BCUT2D eigenvalue weighted by molar-refractivity contribution is -0.384. The quantitative estimate of drug-likeness (QED) is 0.461. The molecule has 2 rings (SSSR count). The van der Waals surface area contributed by atoms with Crippen molar-refractivity contribution >= 4 is 17.8 Å². The van der Waals surface area contributed by atoms with Crippen molar-refractivity contribution in [3.05, 3.63) is 57.6 Å². The molecule has 0 aliphatic carbocycles. The summed E-state index contributed by atoms with van der Waals surface area (Å²) in [7, 11) is 4.49. The van der Waals surface area contributed by atoms with Crippen LogP contribution < -0.4 is 19.6 Å². The number of hydrogen-bond donors (Lipinski definition) is 1. The Morgan fingerprint density at radius 2 is 1.73 bits per heavy atom. The Kier molecular flexibility index (Phi) is 6.10. The molecule has 136 valence electrons. The minimum Gasteiger partial charge on any atom is -0.496 e. The molecule has 0 aliphatic heterocycles. The minimum atomic E-state index is -0.579. The van der Waals surface area contributed by atoms with E-state index in [1.54, 1.807) is 12.1 Å². The highest BCUT2D eigenvalue weighted by molar-refractivity contribution is 5.95. The van der Waals surface area contributed by atoms with Crippen LogP contribution in [0.15, 0.2) is 41.5 Å². The molecule has 0 radical (unpaired) electrons. The number of benzene rings is 2. The third-order valence-electron chi connectivity index (χ3n) is 3.42. The van der Waals surface area contributed by atoms with Crippen LogP contribution in [-0.4, -0.2) is 38.4 Å². The molecule has 0 atom stereocenters. The van der Waals surface area contributed by atoms with Gasteiger partial charge >= 0.3 is 0 Å². The molecule has 0 bridgehead atoms. The number of hydrazone groups is 1. The van der Waals surface area contributed by atoms with E-state index in [0.717, 1.165) is 0 Å². The number of nitrogens with one attached hydrogen (secondary N) is 1. The number of carbonyl (C=O) groups excluding carboxylic acids is 1. The zero-order chi connectivity index (χ0) is 19.1. The van der Waals surface area contributed by atoms with E-state index in [1.165, 1.54) is 51.8 Å². The predicted molar refractivity (Wildman–Crippen MR) is 94.3 cm³/mol. The first-order valence-electron chi connectivity index (χ1n) is 7.38. The first-order valence-corrected chi connectivity index (χ1v) is 7.38. The van der Waals surface area contributed by atoms with E-state index in [2.05, 4.69) is 10.5 Å². The number of hydrogen-bond acceptors (Lipinski definition) is 7. The number of methoxy groups -OCH3 is 3. The van der Waals surface area contributed by atoms with Crippen LogP contribution in [0.3, 0.4) is 0 Å². The molecule has 9 nitrogen and oxygen atoms in total. The molecule has 0 spiro atoms. The number of nitro benzene ring substituents is 1. The van der Waals surface area contributed by atoms with Gasteiger partial charge in [-0.2, -0.15) is 5.10 Å². The van der Waals surface area contributed by atoms with Gasteiger partial charge in [0.15, 0.2) is 11.5 Å². The number of carbonyl (C=O) groups is 1. The molecule has 1 amide bonds. The zero-order valence-corrected chi connectivity index (χ0v) is 14.4. The van der Waals surface area contributed by atoms with E-state index in [-0.39, 0.29) is 11.3 Å². The summed E-state index contributed by atoms with van der Waals surface area (Å²) in [6.07, 6.45) is 1.37. The maximum atomic E-state index is 12.1. The highest BCUT2D eigenvalue weighted by Gasteiger charge is 2.12. The van der Waals surface area contributed by atoms with Gasteiger partial charge in [-0.05, 0) is 12.1 Å². The molecular formula is C17H17N3O6. The zero-order valence-electron chi connectivity index (χ0n) is 14.4. The van der Waals surface area contributed by atoms with Crippen LogP contribution in [0.5, 0.6) is 17.2 Å². The molecule has 2 aromatic carbocycles. The largest absolute Gasteiger partial charge is 0.496 e. The molecule has 9 heteroatoms. The van der Waals surface area contributed by atoms with Gasteiger partial charge < -0.3 is 14.2 Å². The highest BCUT2D eigenvalue weighted by Crippen LogP contribution is 2.33. The molecule has 26 heavy (non-hydrogen) atoms. The first-order chi connectivity index (χ1) is 12.5. The van der Waals surface area contributed by atoms with Crippen LogP contribution in [0.4, 0.5) is 5.69 Å². The Labute approximate surface area is 149 Å². The van der Waals surface area contributed by atoms with E-state index in [4.69, 9.17) is 14.2 Å². The topological polar surface area (TPSA) is 112 Å². The Morgan fingerprint density at radius 3 is 2.35 bits per heavy atom. The van der Waals surface area contributed by atoms with E-state index in [0.29, 0.717) is 22.8 Å². The number of rotatable bonds is 7. The Morgan fingerprint density at radius 1 is 1.08 bits per heavy atom. The second kappa shape index (κ2) is 8.47. The molecule has 2 aromatic rings. The average Bonchev–Trinajstić information content (AvgIpc) is 2.67. The van der Waals surface area contributed by atoms with E-state index in [1.807, 2.05) is 0 Å². The normalized spacial score (nSPS) is 10.4. The molecule has 0 saturated carbocycles. The summed E-state index contributed by atoms with van der Waals surface area (Å²) >= 11 is 0. The lowest BCUT2D eigenvalue weighted by Crippen LogP contribution is -2.17. The first kappa shape index (κ1) is 18.7. The van der Waals surface area contributed by atoms with Crippen molar-refractivity contribution < 1.29 is 23.9 Å². The second-order valence-corrected chi connectivity index (χ2v) is 4.96. The monoisotopic (exact) mass is 359 g/mol. The van der Waals surface area contributed by atoms with Crippen molar-refractivity contribution in [3.8, 4) is 17.2 Å². The third-order valence-corrected chi connectivity index (χ3v) is 3.42. The third kappa shape index (κ3) is 4.26. The SMILES string of the molecule is COc1cc(OC)c(OC)cc1C=NNC(=O)c1cccc([N+](=O)[O-])c1. The van der Waals surface area contributed by atoms with Crippen LogP contribution in [0.25, 0.3) is 0 Å². The summed E-state index contributed by atoms with van der Waals surface area (Å²) in [5, 5.41) is 14.6. The second-order valence-electron chi connectivity index (χ2n) is 4.96. The standard InChI is InChI=1S/C17H17N3O6/c1-24-14-9-16(26-3)15(25-2)8-12(14)10-18-19-17(21)11-5-4-6-13(7-11)20(22)23/h4-10H,1-3H3,(H,19,21). The number of non-ortho nitro benzene ring substituents is 1. The Hall–Kier alpha value is -3.62. The minimum absolute atomic E-state index is 0.121. The van der Waals surface area contributed by atoms with Gasteiger partial charge in [0.2, 0.25) is 0 Å². The van der Waals surface area contributed by atoms with Crippen molar-refractivity contribution in [2.45, 2.75) is 0 Å². The fourth-order valence-electron chi connectivity index (χ4n) is 2.14. The van der Waals surface area contributed by atoms with Gasteiger partial charge in [0.1, 0.15) is 5.75 Å². The van der Waals surface area contributed by atoms with Crippen molar-refractivity contribution in [1.82, 2.24) is 5.43 Å². The molecular weight excluding hydrogens is 342 g/mol. The fourth-order valence-corrected chi connectivity index (χ4v) is 2.14. The number of amides is 1. The van der Waals surface area contributed by atoms with Gasteiger partial charge in [0.05, 0.1) is 32.5 Å². The van der Waals surface area contributed by atoms with Crippen LogP contribution in [0.2, 0.25) is 0 Å². The van der Waals surface area contributed by atoms with Crippen LogP contribution >= 0.6 is 0 Å². The van der Waals surface area contributed by atoms with Gasteiger partial charge in [-0.25, -0.2) is 5.43 Å². The van der Waals surface area contributed by atoms with E-state index >= 15 is 0 Å².